The Bertz CT molecular complexity index is 523. The van der Waals surface area contributed by atoms with Crippen molar-refractivity contribution in [1.29, 1.82) is 0 Å². The summed E-state index contributed by atoms with van der Waals surface area (Å²) in [5.41, 5.74) is 6.85. The van der Waals surface area contributed by atoms with Crippen LogP contribution in [0.3, 0.4) is 0 Å². The first-order valence-electron chi connectivity index (χ1n) is 7.37. The first-order valence-corrected chi connectivity index (χ1v) is 7.75. The molecule has 0 radical (unpaired) electrons. The lowest BCUT2D eigenvalue weighted by Crippen LogP contribution is -2.53. The highest BCUT2D eigenvalue weighted by molar-refractivity contribution is 6.30. The van der Waals surface area contributed by atoms with E-state index in [9.17, 15) is 4.79 Å². The normalized spacial score (nSPS) is 21.4. The van der Waals surface area contributed by atoms with Crippen LogP contribution < -0.4 is 11.1 Å². The van der Waals surface area contributed by atoms with Gasteiger partial charge in [0.05, 0.1) is 5.54 Å². The van der Waals surface area contributed by atoms with Crippen molar-refractivity contribution in [3.63, 3.8) is 0 Å². The summed E-state index contributed by atoms with van der Waals surface area (Å²) in [6, 6.07) is 7.96. The van der Waals surface area contributed by atoms with Crippen LogP contribution >= 0.6 is 24.0 Å². The molecule has 5 heteroatoms. The van der Waals surface area contributed by atoms with Gasteiger partial charge < -0.3 is 11.1 Å². The molecule has 0 spiro atoms. The van der Waals surface area contributed by atoms with Gasteiger partial charge in [0.25, 0.3) is 0 Å². The number of nitrogens with two attached hydrogens (primary N) is 1. The van der Waals surface area contributed by atoms with Crippen molar-refractivity contribution in [3.8, 4) is 0 Å². The molecule has 21 heavy (non-hydrogen) atoms. The van der Waals surface area contributed by atoms with Gasteiger partial charge in [-0.15, -0.1) is 12.4 Å². The van der Waals surface area contributed by atoms with E-state index in [-0.39, 0.29) is 23.7 Å². The van der Waals surface area contributed by atoms with Crippen molar-refractivity contribution in [2.75, 3.05) is 6.54 Å². The van der Waals surface area contributed by atoms with E-state index < -0.39 is 5.54 Å². The van der Waals surface area contributed by atoms with Crippen LogP contribution in [0.25, 0.3) is 0 Å². The van der Waals surface area contributed by atoms with E-state index in [2.05, 4.69) is 11.4 Å². The lowest BCUT2D eigenvalue weighted by molar-refractivity contribution is -0.126. The fourth-order valence-electron chi connectivity index (χ4n) is 3.20. The summed E-state index contributed by atoms with van der Waals surface area (Å²) in [7, 11) is 0. The van der Waals surface area contributed by atoms with Crippen LogP contribution in [0, 0.1) is 0 Å². The summed E-state index contributed by atoms with van der Waals surface area (Å²) in [6.07, 6.45) is 5.94. The maximum atomic E-state index is 12.3. The minimum atomic E-state index is -0.635. The third-order valence-electron chi connectivity index (χ3n) is 4.83. The lowest BCUT2D eigenvalue weighted by atomic mass is 9.94. The molecule has 2 saturated carbocycles. The monoisotopic (exact) mass is 328 g/mol. The highest BCUT2D eigenvalue weighted by atomic mass is 35.5. The Kier molecular flexibility index (Phi) is 4.86. The first-order chi connectivity index (χ1) is 9.54. The molecular weight excluding hydrogens is 307 g/mol. The predicted molar refractivity (Wildman–Crippen MR) is 88.0 cm³/mol. The van der Waals surface area contributed by atoms with Crippen LogP contribution in [0.5, 0.6) is 0 Å². The first kappa shape index (κ1) is 16.6. The smallest absolute Gasteiger partial charge is 0.240 e. The third-order valence-corrected chi connectivity index (χ3v) is 5.06. The number of amides is 1. The molecule has 0 bridgehead atoms. The van der Waals surface area contributed by atoms with E-state index in [1.165, 1.54) is 5.56 Å². The second-order valence-corrected chi connectivity index (χ2v) is 6.77. The van der Waals surface area contributed by atoms with Crippen LogP contribution in [0.1, 0.15) is 44.1 Å². The Morgan fingerprint density at radius 1 is 1.24 bits per heavy atom. The molecule has 3 nitrogen and oxygen atoms in total. The third kappa shape index (κ3) is 3.36. The number of halogens is 2. The molecule has 0 saturated heterocycles. The lowest BCUT2D eigenvalue weighted by Gasteiger charge is -2.24. The van der Waals surface area contributed by atoms with Crippen LogP contribution in [0.4, 0.5) is 0 Å². The molecule has 1 aromatic rings. The van der Waals surface area contributed by atoms with Crippen molar-refractivity contribution in [3.05, 3.63) is 34.9 Å². The van der Waals surface area contributed by atoms with Crippen molar-refractivity contribution >= 4 is 29.9 Å². The topological polar surface area (TPSA) is 55.1 Å². The molecule has 116 valence electrons. The summed E-state index contributed by atoms with van der Waals surface area (Å²) in [5.74, 6) is 0.0169. The molecule has 1 amide bonds. The number of nitrogens with one attached hydrogen (secondary N) is 1. The van der Waals surface area contributed by atoms with Gasteiger partial charge in [0.1, 0.15) is 0 Å². The van der Waals surface area contributed by atoms with Crippen molar-refractivity contribution in [1.82, 2.24) is 5.32 Å². The average molecular weight is 329 g/mol. The summed E-state index contributed by atoms with van der Waals surface area (Å²) in [5, 5.41) is 3.83. The summed E-state index contributed by atoms with van der Waals surface area (Å²) in [6.45, 7) is 0.672. The Balaban J connectivity index is 0.00000161. The van der Waals surface area contributed by atoms with Crippen LogP contribution in [-0.2, 0) is 10.2 Å². The molecular formula is C16H22Cl2N2O. The fraction of sp³-hybridized carbons (Fsp3) is 0.562. The molecule has 2 aliphatic carbocycles. The molecule has 3 N–H and O–H groups in total. The predicted octanol–water partition coefficient (Wildman–Crippen LogP) is 3.18. The number of carbonyl (C=O) groups excluding carboxylic acids is 1. The van der Waals surface area contributed by atoms with Gasteiger partial charge in [0.2, 0.25) is 5.91 Å². The standard InChI is InChI=1S/C16H21ClN2O.ClH/c17-13-5-3-4-12(10-13)15(8-9-15)11-19-14(20)16(18)6-1-2-7-16;/h3-5,10H,1-2,6-9,11,18H2,(H,19,20);1H. The number of carbonyl (C=O) groups is 1. The zero-order chi connectivity index (χ0) is 14.2. The van der Waals surface area contributed by atoms with Crippen LogP contribution in [0.2, 0.25) is 5.02 Å². The highest BCUT2D eigenvalue weighted by Crippen LogP contribution is 2.48. The van der Waals surface area contributed by atoms with Gasteiger partial charge in [-0.2, -0.15) is 0 Å². The van der Waals surface area contributed by atoms with Gasteiger partial charge in [-0.1, -0.05) is 36.6 Å². The van der Waals surface area contributed by atoms with E-state index in [1.807, 2.05) is 18.2 Å². The van der Waals surface area contributed by atoms with Gasteiger partial charge in [-0.25, -0.2) is 0 Å². The zero-order valence-electron chi connectivity index (χ0n) is 12.0. The van der Waals surface area contributed by atoms with Gasteiger partial charge in [0, 0.05) is 17.0 Å². The second kappa shape index (κ2) is 6.15. The van der Waals surface area contributed by atoms with Gasteiger partial charge in [0.15, 0.2) is 0 Å². The number of benzene rings is 1. The molecule has 0 aromatic heterocycles. The molecule has 0 atom stereocenters. The van der Waals surface area contributed by atoms with E-state index in [4.69, 9.17) is 17.3 Å². The average Bonchev–Trinajstić information content (AvgIpc) is 3.11. The molecule has 3 rings (SSSR count). The number of hydrogen-bond donors (Lipinski definition) is 2. The van der Waals surface area contributed by atoms with Crippen molar-refractivity contribution < 1.29 is 4.79 Å². The maximum absolute atomic E-state index is 12.3. The summed E-state index contributed by atoms with van der Waals surface area (Å²) in [4.78, 5) is 12.3. The van der Waals surface area contributed by atoms with E-state index in [0.717, 1.165) is 43.5 Å². The summed E-state index contributed by atoms with van der Waals surface area (Å²) >= 11 is 6.06. The molecule has 1 aromatic carbocycles. The molecule has 2 aliphatic rings. The van der Waals surface area contributed by atoms with Crippen molar-refractivity contribution in [2.24, 2.45) is 5.73 Å². The Hall–Kier alpha value is -0.770. The quantitative estimate of drug-likeness (QED) is 0.891. The second-order valence-electron chi connectivity index (χ2n) is 6.34. The van der Waals surface area contributed by atoms with Gasteiger partial charge in [-0.05, 0) is 43.4 Å². The van der Waals surface area contributed by atoms with Crippen LogP contribution in [0.15, 0.2) is 24.3 Å². The number of hydrogen-bond acceptors (Lipinski definition) is 2. The Morgan fingerprint density at radius 2 is 1.90 bits per heavy atom. The van der Waals surface area contributed by atoms with Crippen molar-refractivity contribution in [2.45, 2.75) is 49.5 Å². The van der Waals surface area contributed by atoms with Crippen LogP contribution in [-0.4, -0.2) is 18.0 Å². The fourth-order valence-corrected chi connectivity index (χ4v) is 3.39. The van der Waals surface area contributed by atoms with E-state index >= 15 is 0 Å². The molecule has 0 aliphatic heterocycles. The molecule has 0 unspecified atom stereocenters. The zero-order valence-corrected chi connectivity index (χ0v) is 13.6. The highest BCUT2D eigenvalue weighted by Gasteiger charge is 2.46. The molecule has 2 fully saturated rings. The number of rotatable bonds is 4. The minimum absolute atomic E-state index is 0. The van der Waals surface area contributed by atoms with E-state index in [0.29, 0.717) is 6.54 Å². The van der Waals surface area contributed by atoms with E-state index in [1.54, 1.807) is 0 Å². The minimum Gasteiger partial charge on any atom is -0.354 e. The maximum Gasteiger partial charge on any atom is 0.240 e. The molecule has 0 heterocycles. The van der Waals surface area contributed by atoms with Gasteiger partial charge >= 0.3 is 0 Å². The summed E-state index contributed by atoms with van der Waals surface area (Å²) < 4.78 is 0. The van der Waals surface area contributed by atoms with Gasteiger partial charge in [-0.3, -0.25) is 4.79 Å². The largest absolute Gasteiger partial charge is 0.354 e. The Labute approximate surface area is 137 Å². The SMILES string of the molecule is Cl.NC1(C(=O)NCC2(c3cccc(Cl)c3)CC2)CCCC1. The Morgan fingerprint density at radius 3 is 2.48 bits per heavy atom.